The third kappa shape index (κ3) is 2.59. The van der Waals surface area contributed by atoms with Crippen LogP contribution in [-0.4, -0.2) is 35.9 Å². The molecular weight excluding hydrogens is 332 g/mol. The number of nitrogens with zero attached hydrogens (tertiary/aromatic N) is 4. The van der Waals surface area contributed by atoms with Crippen LogP contribution in [0.5, 0.6) is 11.8 Å². The predicted octanol–water partition coefficient (Wildman–Crippen LogP) is 2.83. The van der Waals surface area contributed by atoms with Gasteiger partial charge in [-0.15, -0.1) is 0 Å². The van der Waals surface area contributed by atoms with Crippen molar-refractivity contribution in [2.75, 3.05) is 0 Å². The summed E-state index contributed by atoms with van der Waals surface area (Å²) in [5.74, 6) is -1.72. The fourth-order valence-corrected chi connectivity index (χ4v) is 2.75. The zero-order chi connectivity index (χ0) is 18.4. The van der Waals surface area contributed by atoms with Crippen molar-refractivity contribution in [1.82, 2.24) is 19.9 Å². The summed E-state index contributed by atoms with van der Waals surface area (Å²) in [4.78, 5) is 28.9. The van der Waals surface area contributed by atoms with E-state index >= 15 is 0 Å². The van der Waals surface area contributed by atoms with Crippen LogP contribution < -0.4 is 0 Å². The van der Waals surface area contributed by atoms with Crippen LogP contribution in [0.15, 0.2) is 36.4 Å². The van der Waals surface area contributed by atoms with Gasteiger partial charge in [0.2, 0.25) is 23.4 Å². The van der Waals surface area contributed by atoms with E-state index < -0.39 is 5.78 Å². The normalized spacial score (nSPS) is 11.2. The minimum atomic E-state index is -0.678. The molecular formula is C19H14N4O3. The number of benzene rings is 2. The Bertz CT molecular complexity index is 1110. The molecule has 0 radical (unpaired) electrons. The molecule has 2 aromatic carbocycles. The lowest BCUT2D eigenvalue weighted by Gasteiger charge is -2.06. The summed E-state index contributed by atoms with van der Waals surface area (Å²) in [6.07, 6.45) is 0. The molecule has 0 bridgehead atoms. The maximum Gasteiger partial charge on any atom is 0.267 e. The lowest BCUT2D eigenvalue weighted by Crippen LogP contribution is -2.11. The maximum absolute atomic E-state index is 12.7. The molecule has 0 aliphatic heterocycles. The first-order chi connectivity index (χ1) is 12.4. The molecule has 2 heterocycles. The summed E-state index contributed by atoms with van der Waals surface area (Å²) in [5.41, 5.74) is 2.76. The highest BCUT2D eigenvalue weighted by Gasteiger charge is 2.20. The van der Waals surface area contributed by atoms with E-state index in [0.717, 1.165) is 11.1 Å². The third-order valence-electron chi connectivity index (χ3n) is 4.07. The Kier molecular flexibility index (Phi) is 3.50. The van der Waals surface area contributed by atoms with Crippen molar-refractivity contribution >= 4 is 27.6 Å². The summed E-state index contributed by atoms with van der Waals surface area (Å²) in [6.45, 7) is 3.76. The van der Waals surface area contributed by atoms with Gasteiger partial charge < -0.3 is 10.2 Å². The number of aryl methyl sites for hydroxylation is 2. The van der Waals surface area contributed by atoms with Crippen LogP contribution in [0.4, 0.5) is 0 Å². The maximum atomic E-state index is 12.7. The van der Waals surface area contributed by atoms with Gasteiger partial charge in [-0.05, 0) is 49.2 Å². The topological polar surface area (TPSA) is 109 Å². The van der Waals surface area contributed by atoms with Crippen molar-refractivity contribution in [2.45, 2.75) is 13.8 Å². The summed E-state index contributed by atoms with van der Waals surface area (Å²) in [7, 11) is 0. The molecule has 0 aliphatic carbocycles. The van der Waals surface area contributed by atoms with Gasteiger partial charge in [0, 0.05) is 0 Å². The smallest absolute Gasteiger partial charge is 0.267 e. The van der Waals surface area contributed by atoms with Gasteiger partial charge in [-0.2, -0.15) is 9.97 Å². The van der Waals surface area contributed by atoms with Gasteiger partial charge in [-0.1, -0.05) is 12.1 Å². The summed E-state index contributed by atoms with van der Waals surface area (Å²) in [6, 6.07) is 10.5. The van der Waals surface area contributed by atoms with Crippen molar-refractivity contribution in [3.63, 3.8) is 0 Å². The molecule has 0 aliphatic rings. The number of carbonyl (C=O) groups is 1. The first kappa shape index (κ1) is 15.9. The Morgan fingerprint density at radius 2 is 1.15 bits per heavy atom. The van der Waals surface area contributed by atoms with Crippen LogP contribution in [0.3, 0.4) is 0 Å². The Labute approximate surface area is 148 Å². The van der Waals surface area contributed by atoms with E-state index in [1.165, 1.54) is 0 Å². The molecule has 26 heavy (non-hydrogen) atoms. The summed E-state index contributed by atoms with van der Waals surface area (Å²) in [5, 5.41) is 21.1. The second kappa shape index (κ2) is 5.73. The molecule has 0 saturated heterocycles. The van der Waals surface area contributed by atoms with Crippen molar-refractivity contribution in [1.29, 1.82) is 0 Å². The fourth-order valence-electron chi connectivity index (χ4n) is 2.75. The Balaban J connectivity index is 1.87. The van der Waals surface area contributed by atoms with Crippen LogP contribution in [0.1, 0.15) is 27.6 Å². The van der Waals surface area contributed by atoms with Crippen molar-refractivity contribution in [3.8, 4) is 11.8 Å². The van der Waals surface area contributed by atoms with Gasteiger partial charge >= 0.3 is 0 Å². The zero-order valence-electron chi connectivity index (χ0n) is 14.1. The average molecular weight is 346 g/mol. The van der Waals surface area contributed by atoms with Gasteiger partial charge in [0.1, 0.15) is 0 Å². The Hall–Kier alpha value is -3.61. The minimum absolute atomic E-state index is 0.230. The van der Waals surface area contributed by atoms with Gasteiger partial charge in [0.05, 0.1) is 21.8 Å². The largest absolute Gasteiger partial charge is 0.493 e. The number of hydrogen-bond donors (Lipinski definition) is 2. The van der Waals surface area contributed by atoms with Crippen LogP contribution in [0, 0.1) is 13.8 Å². The molecule has 4 aromatic rings. The van der Waals surface area contributed by atoms with Crippen LogP contribution >= 0.6 is 0 Å². The number of ketones is 1. The number of rotatable bonds is 2. The lowest BCUT2D eigenvalue weighted by atomic mass is 10.1. The molecule has 0 fully saturated rings. The molecule has 0 saturated carbocycles. The summed E-state index contributed by atoms with van der Waals surface area (Å²) < 4.78 is 0. The van der Waals surface area contributed by atoms with Crippen molar-refractivity contribution in [3.05, 3.63) is 59.2 Å². The standard InChI is InChI=1S/C19H14N4O3/c1-9-3-5-11-13(7-9)20-16(22-18(11)25)15(24)17-21-14-8-10(2)4-6-12(14)19(26)23-17/h3-8H,1-2H3,(H,20,22,25)(H,21,23,26). The van der Waals surface area contributed by atoms with Gasteiger partial charge in [-0.3, -0.25) is 4.79 Å². The van der Waals surface area contributed by atoms with Crippen molar-refractivity contribution in [2.24, 2.45) is 0 Å². The van der Waals surface area contributed by atoms with Gasteiger partial charge in [0.25, 0.3) is 5.78 Å². The quantitative estimate of drug-likeness (QED) is 0.537. The lowest BCUT2D eigenvalue weighted by molar-refractivity contribution is 0.101. The van der Waals surface area contributed by atoms with Gasteiger partial charge in [-0.25, -0.2) is 9.97 Å². The predicted molar refractivity (Wildman–Crippen MR) is 95.3 cm³/mol. The SMILES string of the molecule is Cc1ccc2c(O)nc(C(=O)c3nc(O)c4ccc(C)cc4n3)nc2c1. The number of aromatic nitrogens is 4. The van der Waals surface area contributed by atoms with Crippen molar-refractivity contribution < 1.29 is 15.0 Å². The molecule has 0 atom stereocenters. The highest BCUT2D eigenvalue weighted by Crippen LogP contribution is 2.25. The molecule has 0 amide bonds. The zero-order valence-corrected chi connectivity index (χ0v) is 14.1. The first-order valence-electron chi connectivity index (χ1n) is 7.92. The number of carbonyl (C=O) groups excluding carboxylic acids is 1. The number of aromatic hydroxyl groups is 2. The Morgan fingerprint density at radius 1 is 0.731 bits per heavy atom. The van der Waals surface area contributed by atoms with E-state index in [1.807, 2.05) is 26.0 Å². The fraction of sp³-hybridized carbons (Fsp3) is 0.105. The molecule has 4 rings (SSSR count). The minimum Gasteiger partial charge on any atom is -0.493 e. The molecule has 0 spiro atoms. The average Bonchev–Trinajstić information content (AvgIpc) is 2.60. The van der Waals surface area contributed by atoms with Crippen LogP contribution in [-0.2, 0) is 0 Å². The molecule has 2 aromatic heterocycles. The highest BCUT2D eigenvalue weighted by molar-refractivity contribution is 6.06. The molecule has 128 valence electrons. The third-order valence-corrected chi connectivity index (χ3v) is 4.07. The van der Waals surface area contributed by atoms with E-state index in [4.69, 9.17) is 0 Å². The second-order valence-corrected chi connectivity index (χ2v) is 6.11. The number of hydrogen-bond acceptors (Lipinski definition) is 7. The van der Waals surface area contributed by atoms with Crippen LogP contribution in [0.25, 0.3) is 21.8 Å². The van der Waals surface area contributed by atoms with E-state index in [2.05, 4.69) is 19.9 Å². The monoisotopic (exact) mass is 346 g/mol. The molecule has 2 N–H and O–H groups in total. The summed E-state index contributed by atoms with van der Waals surface area (Å²) >= 11 is 0. The second-order valence-electron chi connectivity index (χ2n) is 6.11. The molecule has 7 heteroatoms. The van der Waals surface area contributed by atoms with E-state index in [0.29, 0.717) is 21.8 Å². The van der Waals surface area contributed by atoms with E-state index in [9.17, 15) is 15.0 Å². The molecule has 0 unspecified atom stereocenters. The first-order valence-corrected chi connectivity index (χ1v) is 7.92. The van der Waals surface area contributed by atoms with Crippen LogP contribution in [0.2, 0.25) is 0 Å². The molecule has 7 nitrogen and oxygen atoms in total. The van der Waals surface area contributed by atoms with E-state index in [-0.39, 0.29) is 23.4 Å². The number of fused-ring (bicyclic) bond motifs is 2. The van der Waals surface area contributed by atoms with E-state index in [1.54, 1.807) is 24.3 Å². The Morgan fingerprint density at radius 3 is 1.58 bits per heavy atom. The van der Waals surface area contributed by atoms with Gasteiger partial charge in [0.15, 0.2) is 0 Å². The highest BCUT2D eigenvalue weighted by atomic mass is 16.3.